The number of carbonyl (C=O) groups is 1. The Hall–Kier alpha value is -3.91. The number of hydrogen-bond donors (Lipinski definition) is 2. The van der Waals surface area contributed by atoms with E-state index in [0.29, 0.717) is 34.8 Å². The van der Waals surface area contributed by atoms with Crippen LogP contribution < -0.4 is 34.1 Å². The zero-order valence-electron chi connectivity index (χ0n) is 23.1. The molecule has 3 rings (SSSR count). The van der Waals surface area contributed by atoms with Crippen molar-refractivity contribution in [3.8, 4) is 23.0 Å². The lowest BCUT2D eigenvalue weighted by Crippen LogP contribution is -2.48. The molecule has 0 aliphatic rings. The summed E-state index contributed by atoms with van der Waals surface area (Å²) in [4.78, 5) is 12.3. The maximum atomic E-state index is 12.3. The average Bonchev–Trinajstić information content (AvgIpc) is 2.97. The zero-order chi connectivity index (χ0) is 27.4. The highest BCUT2D eigenvalue weighted by atomic mass is 16.5. The van der Waals surface area contributed by atoms with Gasteiger partial charge in [-0.15, -0.1) is 0 Å². The second-order valence-corrected chi connectivity index (χ2v) is 9.27. The van der Waals surface area contributed by atoms with E-state index in [0.717, 1.165) is 48.5 Å². The van der Waals surface area contributed by atoms with Gasteiger partial charge >= 0.3 is 6.03 Å². The number of nitrogens with one attached hydrogen (secondary N) is 2. The Labute approximate surface area is 226 Å². The number of quaternary nitrogens is 1. The first-order valence-corrected chi connectivity index (χ1v) is 12.8. The van der Waals surface area contributed by atoms with Crippen LogP contribution in [0.15, 0.2) is 66.7 Å². The molecule has 0 heterocycles. The summed E-state index contributed by atoms with van der Waals surface area (Å²) in [5.74, 6) is 2.82. The number of ether oxygens (including phenoxy) is 4. The summed E-state index contributed by atoms with van der Waals surface area (Å²) >= 11 is 0. The minimum Gasteiger partial charge on any atom is -0.493 e. The second-order valence-electron chi connectivity index (χ2n) is 9.27. The lowest BCUT2D eigenvalue weighted by atomic mass is 10.1. The first-order chi connectivity index (χ1) is 18.4. The predicted molar refractivity (Wildman–Crippen MR) is 152 cm³/mol. The Morgan fingerprint density at radius 1 is 0.711 bits per heavy atom. The lowest BCUT2D eigenvalue weighted by Gasteiger charge is -2.35. The van der Waals surface area contributed by atoms with E-state index >= 15 is 0 Å². The van der Waals surface area contributed by atoms with E-state index in [2.05, 4.69) is 29.8 Å². The van der Waals surface area contributed by atoms with Gasteiger partial charge in [-0.2, -0.15) is 0 Å². The van der Waals surface area contributed by atoms with Crippen molar-refractivity contribution in [1.82, 2.24) is 15.1 Å². The van der Waals surface area contributed by atoms with Crippen LogP contribution in [0.25, 0.3) is 0 Å². The van der Waals surface area contributed by atoms with Crippen LogP contribution >= 0.6 is 0 Å². The third kappa shape index (κ3) is 7.79. The summed E-state index contributed by atoms with van der Waals surface area (Å²) in [6, 6.07) is 21.8. The Balaban J connectivity index is 1.67. The number of urea groups is 1. The molecule has 8 heteroatoms. The smallest absolute Gasteiger partial charge is 0.315 e. The van der Waals surface area contributed by atoms with Gasteiger partial charge in [0.1, 0.15) is 5.69 Å². The summed E-state index contributed by atoms with van der Waals surface area (Å²) in [6.07, 6.45) is 1.63. The fourth-order valence-electron chi connectivity index (χ4n) is 4.41. The molecule has 3 aromatic rings. The molecule has 2 N–H and O–H groups in total. The fraction of sp³-hybridized carbons (Fsp3) is 0.367. The Bertz CT molecular complexity index is 1170. The highest BCUT2D eigenvalue weighted by Crippen LogP contribution is 2.34. The van der Waals surface area contributed by atoms with Crippen molar-refractivity contribution in [2.24, 2.45) is 0 Å². The number of likely N-dealkylation sites (N-methyl/N-ethyl adjacent to an activating group) is 1. The molecule has 0 aromatic heterocycles. The van der Waals surface area contributed by atoms with Gasteiger partial charge in [-0.25, -0.2) is 4.79 Å². The Morgan fingerprint density at radius 3 is 2.00 bits per heavy atom. The Kier molecular flexibility index (Phi) is 10.7. The maximum Gasteiger partial charge on any atom is 0.315 e. The number of amides is 2. The predicted octanol–water partition coefficient (Wildman–Crippen LogP) is 4.79. The van der Waals surface area contributed by atoms with Crippen molar-refractivity contribution < 1.29 is 23.7 Å². The number of nitrogens with zero attached hydrogens (tertiary/aromatic N) is 1. The van der Waals surface area contributed by atoms with Crippen LogP contribution in [-0.4, -0.2) is 61.2 Å². The molecule has 38 heavy (non-hydrogen) atoms. The normalized spacial score (nSPS) is 12.2. The topological polar surface area (TPSA) is 78.1 Å². The number of hydrogen-bond acceptors (Lipinski definition) is 5. The van der Waals surface area contributed by atoms with Crippen LogP contribution in [0.5, 0.6) is 23.0 Å². The van der Waals surface area contributed by atoms with E-state index in [1.54, 1.807) is 28.4 Å². The third-order valence-corrected chi connectivity index (χ3v) is 6.74. The summed E-state index contributed by atoms with van der Waals surface area (Å²) in [5.41, 5.74) is 3.33. The Morgan fingerprint density at radius 2 is 1.34 bits per heavy atom. The van der Waals surface area contributed by atoms with Crippen molar-refractivity contribution >= 4 is 11.7 Å². The molecule has 0 saturated carbocycles. The molecule has 3 aromatic carbocycles. The van der Waals surface area contributed by atoms with Crippen molar-refractivity contribution in [1.29, 1.82) is 0 Å². The molecule has 0 fully saturated rings. The van der Waals surface area contributed by atoms with E-state index in [4.69, 9.17) is 18.9 Å². The van der Waals surface area contributed by atoms with Gasteiger partial charge in [0.25, 0.3) is 0 Å². The van der Waals surface area contributed by atoms with Crippen molar-refractivity contribution in [2.75, 3.05) is 55.1 Å². The minimum atomic E-state index is -0.167. The van der Waals surface area contributed by atoms with Gasteiger partial charge in [0.15, 0.2) is 23.0 Å². The molecule has 0 aliphatic heterocycles. The van der Waals surface area contributed by atoms with Crippen molar-refractivity contribution in [3.05, 3.63) is 77.9 Å². The van der Waals surface area contributed by atoms with Crippen LogP contribution in [0.1, 0.15) is 17.5 Å². The van der Waals surface area contributed by atoms with E-state index in [1.165, 1.54) is 0 Å². The van der Waals surface area contributed by atoms with Crippen LogP contribution in [0.4, 0.5) is 10.5 Å². The number of benzene rings is 3. The van der Waals surface area contributed by atoms with E-state index < -0.39 is 0 Å². The highest BCUT2D eigenvalue weighted by molar-refractivity contribution is 5.73. The average molecular weight is 523 g/mol. The van der Waals surface area contributed by atoms with E-state index in [-0.39, 0.29) is 6.03 Å². The van der Waals surface area contributed by atoms with Gasteiger partial charge in [-0.1, -0.05) is 36.4 Å². The molecule has 0 radical (unpaired) electrons. The van der Waals surface area contributed by atoms with Crippen molar-refractivity contribution in [2.45, 2.75) is 19.4 Å². The zero-order valence-corrected chi connectivity index (χ0v) is 23.1. The molecule has 0 bridgehead atoms. The van der Waals surface area contributed by atoms with Gasteiger partial charge < -0.3 is 29.6 Å². The lowest BCUT2D eigenvalue weighted by molar-refractivity contribution is 0.239. The molecular formula is C30H40N3O5+. The molecule has 0 spiro atoms. The van der Waals surface area contributed by atoms with E-state index in [1.807, 2.05) is 54.6 Å². The van der Waals surface area contributed by atoms with Gasteiger partial charge in [0, 0.05) is 38.1 Å². The molecular weight excluding hydrogens is 482 g/mol. The van der Waals surface area contributed by atoms with Gasteiger partial charge in [-0.3, -0.25) is 4.48 Å². The number of methoxy groups -OCH3 is 4. The first kappa shape index (κ1) is 28.7. The summed E-state index contributed by atoms with van der Waals surface area (Å²) < 4.78 is 22.6. The fourth-order valence-corrected chi connectivity index (χ4v) is 4.41. The minimum absolute atomic E-state index is 0.167. The molecule has 1 atom stereocenters. The largest absolute Gasteiger partial charge is 0.493 e. The van der Waals surface area contributed by atoms with E-state index in [9.17, 15) is 4.79 Å². The molecule has 204 valence electrons. The van der Waals surface area contributed by atoms with Crippen LogP contribution in [-0.2, 0) is 13.0 Å². The van der Waals surface area contributed by atoms with Crippen LogP contribution in [0.3, 0.4) is 0 Å². The first-order valence-electron chi connectivity index (χ1n) is 12.8. The number of carbonyl (C=O) groups excluding carboxylic acids is 1. The third-order valence-electron chi connectivity index (χ3n) is 6.74. The summed E-state index contributed by atoms with van der Waals surface area (Å²) in [6.45, 7) is 2.72. The quantitative estimate of drug-likeness (QED) is 0.235. The SMILES string of the molecule is COc1ccc(CC[N+](C)(CCCNC(=O)NCc2ccccc2)c2ccc(OC)c(OC)c2)cc1OC. The highest BCUT2D eigenvalue weighted by Gasteiger charge is 2.26. The van der Waals surface area contributed by atoms with Gasteiger partial charge in [0.2, 0.25) is 0 Å². The van der Waals surface area contributed by atoms with Crippen LogP contribution in [0.2, 0.25) is 0 Å². The molecule has 1 unspecified atom stereocenters. The molecule has 2 amide bonds. The molecule has 8 nitrogen and oxygen atoms in total. The van der Waals surface area contributed by atoms with Crippen LogP contribution in [0, 0.1) is 0 Å². The summed E-state index contributed by atoms with van der Waals surface area (Å²) in [5, 5.41) is 5.90. The van der Waals surface area contributed by atoms with Crippen molar-refractivity contribution in [3.63, 3.8) is 0 Å². The van der Waals surface area contributed by atoms with Gasteiger partial charge in [0.05, 0.1) is 48.6 Å². The standard InChI is InChI=1S/C30H39N3O5/c1-33(25-13-15-27(36-3)29(21-25)38-5,19-16-23-12-14-26(35-2)28(20-23)37-4)18-9-17-31-30(34)32-22-24-10-7-6-8-11-24/h6-8,10-15,20-21H,9,16-19,22H2,1-5H3,(H-,31,32,34)/p+1. The van der Waals surface area contributed by atoms with Gasteiger partial charge in [-0.05, 0) is 29.3 Å². The monoisotopic (exact) mass is 522 g/mol. The maximum absolute atomic E-state index is 12.3. The number of rotatable bonds is 14. The second kappa shape index (κ2) is 14.1. The summed E-state index contributed by atoms with van der Waals surface area (Å²) in [7, 11) is 8.77. The molecule has 0 saturated heterocycles. The molecule has 0 aliphatic carbocycles.